The van der Waals surface area contributed by atoms with E-state index in [2.05, 4.69) is 39.6 Å². The standard InChI is InChI=1S/C19H17ClN6O/c1-13-4-3-5-14(10-13)12-25-23-19(22-24-25)17-11-21-26(18(17)20)15-6-8-16(27-2)9-7-15/h3-11H,12H2,1-2H3. The molecule has 0 unspecified atom stereocenters. The number of hydrogen-bond acceptors (Lipinski definition) is 5. The van der Waals surface area contributed by atoms with E-state index in [0.717, 1.165) is 17.0 Å². The molecular weight excluding hydrogens is 364 g/mol. The summed E-state index contributed by atoms with van der Waals surface area (Å²) in [5.74, 6) is 1.20. The number of tetrazole rings is 1. The van der Waals surface area contributed by atoms with E-state index >= 15 is 0 Å². The van der Waals surface area contributed by atoms with Gasteiger partial charge < -0.3 is 4.74 Å². The van der Waals surface area contributed by atoms with Crippen molar-refractivity contribution < 1.29 is 4.74 Å². The Bertz CT molecular complexity index is 1070. The molecule has 8 heteroatoms. The summed E-state index contributed by atoms with van der Waals surface area (Å²) in [4.78, 5) is 1.55. The lowest BCUT2D eigenvalue weighted by Gasteiger charge is -2.04. The van der Waals surface area contributed by atoms with Crippen LogP contribution in [0, 0.1) is 6.92 Å². The molecule has 0 radical (unpaired) electrons. The molecule has 27 heavy (non-hydrogen) atoms. The van der Waals surface area contributed by atoms with Gasteiger partial charge in [0.15, 0.2) is 0 Å². The molecule has 4 aromatic rings. The fraction of sp³-hybridized carbons (Fsp3) is 0.158. The Morgan fingerprint density at radius 1 is 1.11 bits per heavy atom. The molecule has 0 saturated heterocycles. The van der Waals surface area contributed by atoms with Gasteiger partial charge in [0, 0.05) is 0 Å². The number of aryl methyl sites for hydroxylation is 1. The molecule has 0 amide bonds. The van der Waals surface area contributed by atoms with Gasteiger partial charge in [-0.3, -0.25) is 0 Å². The van der Waals surface area contributed by atoms with Crippen molar-refractivity contribution in [1.29, 1.82) is 0 Å². The Morgan fingerprint density at radius 3 is 2.67 bits per heavy atom. The van der Waals surface area contributed by atoms with Gasteiger partial charge in [-0.2, -0.15) is 9.90 Å². The van der Waals surface area contributed by atoms with Gasteiger partial charge >= 0.3 is 0 Å². The minimum atomic E-state index is 0.426. The maximum atomic E-state index is 6.51. The molecule has 136 valence electrons. The highest BCUT2D eigenvalue weighted by atomic mass is 35.5. The van der Waals surface area contributed by atoms with Gasteiger partial charge in [0.2, 0.25) is 5.82 Å². The van der Waals surface area contributed by atoms with Crippen molar-refractivity contribution >= 4 is 11.6 Å². The number of methoxy groups -OCH3 is 1. The van der Waals surface area contributed by atoms with Crippen LogP contribution in [-0.4, -0.2) is 37.1 Å². The molecule has 0 aliphatic rings. The summed E-state index contributed by atoms with van der Waals surface area (Å²) in [5.41, 5.74) is 3.75. The number of benzene rings is 2. The average molecular weight is 381 g/mol. The van der Waals surface area contributed by atoms with Crippen LogP contribution in [0.3, 0.4) is 0 Å². The van der Waals surface area contributed by atoms with Crippen LogP contribution in [0.25, 0.3) is 17.1 Å². The van der Waals surface area contributed by atoms with Crippen LogP contribution in [-0.2, 0) is 6.54 Å². The predicted molar refractivity (Wildman–Crippen MR) is 102 cm³/mol. The van der Waals surface area contributed by atoms with Crippen molar-refractivity contribution in [1.82, 2.24) is 30.0 Å². The topological polar surface area (TPSA) is 70.7 Å². The van der Waals surface area contributed by atoms with Crippen molar-refractivity contribution in [2.45, 2.75) is 13.5 Å². The second-order valence-corrected chi connectivity index (χ2v) is 6.45. The first-order chi connectivity index (χ1) is 13.1. The van der Waals surface area contributed by atoms with Crippen molar-refractivity contribution in [2.75, 3.05) is 7.11 Å². The van der Waals surface area contributed by atoms with E-state index in [9.17, 15) is 0 Å². The Hall–Kier alpha value is -3.19. The van der Waals surface area contributed by atoms with Gasteiger partial charge in [-0.15, -0.1) is 10.2 Å². The lowest BCUT2D eigenvalue weighted by Crippen LogP contribution is -2.04. The van der Waals surface area contributed by atoms with Gasteiger partial charge in [-0.25, -0.2) is 4.68 Å². The molecule has 0 spiro atoms. The quantitative estimate of drug-likeness (QED) is 0.529. The summed E-state index contributed by atoms with van der Waals surface area (Å²) in [5, 5.41) is 17.5. The van der Waals surface area contributed by atoms with Crippen molar-refractivity contribution in [3.8, 4) is 22.8 Å². The van der Waals surface area contributed by atoms with Crippen molar-refractivity contribution in [3.05, 3.63) is 71.0 Å². The lowest BCUT2D eigenvalue weighted by atomic mass is 10.1. The van der Waals surface area contributed by atoms with E-state index in [-0.39, 0.29) is 0 Å². The minimum absolute atomic E-state index is 0.426. The Balaban J connectivity index is 1.59. The highest BCUT2D eigenvalue weighted by molar-refractivity contribution is 6.32. The van der Waals surface area contributed by atoms with Gasteiger partial charge in [-0.05, 0) is 42.0 Å². The Kier molecular flexibility index (Phi) is 4.60. The van der Waals surface area contributed by atoms with Crippen LogP contribution in [0.5, 0.6) is 5.75 Å². The van der Waals surface area contributed by atoms with Gasteiger partial charge in [0.25, 0.3) is 0 Å². The molecular formula is C19H17ClN6O. The molecule has 0 atom stereocenters. The summed E-state index contributed by atoms with van der Waals surface area (Å²) >= 11 is 6.51. The predicted octanol–water partition coefficient (Wildman–Crippen LogP) is 3.54. The zero-order valence-corrected chi connectivity index (χ0v) is 15.6. The Labute approximate surface area is 161 Å². The third kappa shape index (κ3) is 3.54. The highest BCUT2D eigenvalue weighted by Gasteiger charge is 2.16. The second kappa shape index (κ2) is 7.20. The highest BCUT2D eigenvalue weighted by Crippen LogP contribution is 2.27. The molecule has 0 N–H and O–H groups in total. The van der Waals surface area contributed by atoms with Crippen LogP contribution in [0.2, 0.25) is 5.15 Å². The number of aromatic nitrogens is 6. The van der Waals surface area contributed by atoms with E-state index in [0.29, 0.717) is 23.1 Å². The van der Waals surface area contributed by atoms with Crippen LogP contribution >= 0.6 is 11.6 Å². The minimum Gasteiger partial charge on any atom is -0.497 e. The summed E-state index contributed by atoms with van der Waals surface area (Å²) in [7, 11) is 1.62. The van der Waals surface area contributed by atoms with E-state index < -0.39 is 0 Å². The SMILES string of the molecule is COc1ccc(-n2ncc(-c3nnn(Cc4cccc(C)c4)n3)c2Cl)cc1. The lowest BCUT2D eigenvalue weighted by molar-refractivity contribution is 0.414. The number of ether oxygens (including phenoxy) is 1. The molecule has 2 aromatic heterocycles. The van der Waals surface area contributed by atoms with E-state index in [4.69, 9.17) is 16.3 Å². The molecule has 4 rings (SSSR count). The monoisotopic (exact) mass is 380 g/mol. The van der Waals surface area contributed by atoms with E-state index in [1.165, 1.54) is 5.56 Å². The van der Waals surface area contributed by atoms with E-state index in [1.807, 2.05) is 36.4 Å². The van der Waals surface area contributed by atoms with Gasteiger partial charge in [0.1, 0.15) is 10.9 Å². The fourth-order valence-electron chi connectivity index (χ4n) is 2.78. The molecule has 0 fully saturated rings. The van der Waals surface area contributed by atoms with Crippen molar-refractivity contribution in [3.63, 3.8) is 0 Å². The third-order valence-corrected chi connectivity index (χ3v) is 4.49. The van der Waals surface area contributed by atoms with Crippen molar-refractivity contribution in [2.24, 2.45) is 0 Å². The third-order valence-electron chi connectivity index (χ3n) is 4.13. The Morgan fingerprint density at radius 2 is 1.93 bits per heavy atom. The average Bonchev–Trinajstić information content (AvgIpc) is 3.28. The first-order valence-corrected chi connectivity index (χ1v) is 8.73. The molecule has 2 aromatic carbocycles. The van der Waals surface area contributed by atoms with Crippen LogP contribution in [0.1, 0.15) is 11.1 Å². The summed E-state index contributed by atoms with van der Waals surface area (Å²) in [6, 6.07) is 15.7. The fourth-order valence-corrected chi connectivity index (χ4v) is 3.05. The largest absolute Gasteiger partial charge is 0.497 e. The zero-order valence-electron chi connectivity index (χ0n) is 14.9. The van der Waals surface area contributed by atoms with Crippen LogP contribution in [0.15, 0.2) is 54.7 Å². The number of nitrogens with zero attached hydrogens (tertiary/aromatic N) is 6. The summed E-state index contributed by atoms with van der Waals surface area (Å²) in [6.07, 6.45) is 1.64. The summed E-state index contributed by atoms with van der Waals surface area (Å²) < 4.78 is 6.80. The molecule has 0 aliphatic heterocycles. The zero-order chi connectivity index (χ0) is 18.8. The van der Waals surface area contributed by atoms with Crippen LogP contribution in [0.4, 0.5) is 0 Å². The number of hydrogen-bond donors (Lipinski definition) is 0. The number of rotatable bonds is 5. The second-order valence-electron chi connectivity index (χ2n) is 6.09. The molecule has 0 aliphatic carbocycles. The first kappa shape index (κ1) is 17.2. The first-order valence-electron chi connectivity index (χ1n) is 8.36. The molecule has 0 saturated carbocycles. The number of halogens is 1. The van der Waals surface area contributed by atoms with Gasteiger partial charge in [0.05, 0.1) is 31.1 Å². The molecule has 7 nitrogen and oxygen atoms in total. The molecule has 2 heterocycles. The summed E-state index contributed by atoms with van der Waals surface area (Å²) in [6.45, 7) is 2.59. The van der Waals surface area contributed by atoms with E-state index in [1.54, 1.807) is 22.8 Å². The molecule has 0 bridgehead atoms. The van der Waals surface area contributed by atoms with Gasteiger partial charge in [-0.1, -0.05) is 41.4 Å². The normalized spacial score (nSPS) is 10.9. The maximum Gasteiger partial charge on any atom is 0.209 e. The smallest absolute Gasteiger partial charge is 0.209 e. The maximum absolute atomic E-state index is 6.51. The van der Waals surface area contributed by atoms with Crippen LogP contribution < -0.4 is 4.74 Å².